The van der Waals surface area contributed by atoms with E-state index in [1.165, 1.54) is 11.1 Å². The van der Waals surface area contributed by atoms with E-state index in [1.807, 2.05) is 36.5 Å². The van der Waals surface area contributed by atoms with Gasteiger partial charge in [-0.25, -0.2) is 92.8 Å². The number of hydrogen-bond donors (Lipinski definition) is 0. The van der Waals surface area contributed by atoms with Crippen molar-refractivity contribution in [1.82, 2.24) is 4.98 Å². The number of aromatic nitrogens is 2. The van der Waals surface area contributed by atoms with Gasteiger partial charge in [-0.1, -0.05) is 42.5 Å². The van der Waals surface area contributed by atoms with Crippen LogP contribution in [-0.4, -0.2) is 11.1 Å². The summed E-state index contributed by atoms with van der Waals surface area (Å²) in [6.07, 6.45) is -1.75. The van der Waals surface area contributed by atoms with Crippen LogP contribution in [0.1, 0.15) is 16.7 Å². The van der Waals surface area contributed by atoms with Gasteiger partial charge in [0, 0.05) is 5.56 Å². The highest BCUT2D eigenvalue weighted by Crippen LogP contribution is 2.31. The van der Waals surface area contributed by atoms with Gasteiger partial charge in [-0.05, 0) is 31.0 Å². The standard InChI is InChI=1S/C24BF20.C19H19N2O/c26-5-1(6(27)14(35)21(42)13(5)34)25(2-7(28)15(36)22(43)16(37)8(2)29,3-9(30)17(38)23(44)18(39)10(3)31)4-11(32)19(40)24(45)20(41)12(4)33;1-15-7-6-10-18(16(15)2)22-19-13-20-11-12-21(19)14-17-8-4-3-5-9-17/h;3-13H,14H2,1-2H3/q-1;+1. The maximum Gasteiger partial charge on any atom is 0.392 e. The molecule has 0 radical (unpaired) electrons. The quantitative estimate of drug-likeness (QED) is 0.0499. The van der Waals surface area contributed by atoms with E-state index in [0.29, 0.717) is 0 Å². The van der Waals surface area contributed by atoms with E-state index in [9.17, 15) is 52.7 Å². The summed E-state index contributed by atoms with van der Waals surface area (Å²) in [5.74, 6) is -69.8. The fourth-order valence-electron chi connectivity index (χ4n) is 7.19. The second-order valence-corrected chi connectivity index (χ2v) is 14.1. The van der Waals surface area contributed by atoms with Crippen molar-refractivity contribution >= 4 is 28.0 Å². The van der Waals surface area contributed by atoms with Crippen LogP contribution in [0.5, 0.6) is 11.6 Å². The lowest BCUT2D eigenvalue weighted by Crippen LogP contribution is -2.81. The third-order valence-electron chi connectivity index (χ3n) is 10.5. The van der Waals surface area contributed by atoms with Crippen molar-refractivity contribution in [3.63, 3.8) is 0 Å². The lowest BCUT2D eigenvalue weighted by Gasteiger charge is -2.44. The molecule has 0 aliphatic heterocycles. The summed E-state index contributed by atoms with van der Waals surface area (Å²) >= 11 is 0. The summed E-state index contributed by atoms with van der Waals surface area (Å²) in [7, 11) is 0. The SMILES string of the molecule is Cc1cccc(Oc2cncc[n+]2Cc2ccccc2)c1C.Fc1c(F)c(F)c([B-](c2c(F)c(F)c(F)c(F)c2F)(c2c(F)c(F)c(F)c(F)c2F)c2c(F)c(F)c(F)c(F)c2F)c(F)c1F. The first-order valence-corrected chi connectivity index (χ1v) is 18.3. The number of halogens is 20. The topological polar surface area (TPSA) is 26.0 Å². The molecule has 0 bridgehead atoms. The molecule has 24 heteroatoms. The van der Waals surface area contributed by atoms with E-state index in [-0.39, 0.29) is 0 Å². The van der Waals surface area contributed by atoms with Crippen molar-refractivity contribution < 1.29 is 97.1 Å². The molecule has 0 saturated carbocycles. The predicted octanol–water partition coefficient (Wildman–Crippen LogP) is 9.67. The van der Waals surface area contributed by atoms with Gasteiger partial charge in [0.15, 0.2) is 82.5 Å². The van der Waals surface area contributed by atoms with Gasteiger partial charge < -0.3 is 4.74 Å². The fraction of sp³-hybridized carbons (Fsp3) is 0.0698. The second kappa shape index (κ2) is 18.6. The molecule has 0 atom stereocenters. The first-order valence-electron chi connectivity index (χ1n) is 18.3. The molecule has 0 aliphatic rings. The van der Waals surface area contributed by atoms with Crippen LogP contribution < -0.4 is 31.2 Å². The Hall–Kier alpha value is -7.14. The lowest BCUT2D eigenvalue weighted by molar-refractivity contribution is -0.692. The highest BCUT2D eigenvalue weighted by atomic mass is 19.2. The number of aryl methyl sites for hydroxylation is 1. The van der Waals surface area contributed by atoms with Crippen molar-refractivity contribution in [2.45, 2.75) is 20.4 Å². The van der Waals surface area contributed by atoms with E-state index in [4.69, 9.17) is 4.74 Å². The van der Waals surface area contributed by atoms with Crippen LogP contribution in [-0.2, 0) is 6.54 Å². The zero-order valence-corrected chi connectivity index (χ0v) is 33.0. The summed E-state index contributed by atoms with van der Waals surface area (Å²) < 4.78 is 302. The summed E-state index contributed by atoms with van der Waals surface area (Å²) in [6, 6.07) is 16.4. The normalized spacial score (nSPS) is 11.5. The van der Waals surface area contributed by atoms with E-state index >= 15 is 35.1 Å². The largest absolute Gasteiger partial charge is 0.404 e. The minimum atomic E-state index is -7.22. The summed E-state index contributed by atoms with van der Waals surface area (Å²) in [5.41, 5.74) is -10.7. The molecule has 0 amide bonds. The first-order chi connectivity index (χ1) is 31.4. The maximum atomic E-state index is 15.4. The van der Waals surface area contributed by atoms with Crippen LogP contribution in [0.2, 0.25) is 0 Å². The van der Waals surface area contributed by atoms with Crippen molar-refractivity contribution in [3.8, 4) is 11.6 Å². The van der Waals surface area contributed by atoms with Gasteiger partial charge in [0.1, 0.15) is 64.6 Å². The van der Waals surface area contributed by atoms with Crippen LogP contribution in [0.25, 0.3) is 0 Å². The molecule has 3 nitrogen and oxygen atoms in total. The monoisotopic (exact) mass is 970 g/mol. The van der Waals surface area contributed by atoms with Crippen LogP contribution in [0.3, 0.4) is 0 Å². The van der Waals surface area contributed by atoms with Gasteiger partial charge in [0.05, 0.1) is 6.20 Å². The van der Waals surface area contributed by atoms with E-state index < -0.39 is 144 Å². The Bertz CT molecular complexity index is 2730. The third-order valence-corrected chi connectivity index (χ3v) is 10.5. The summed E-state index contributed by atoms with van der Waals surface area (Å²) in [5, 5.41) is 0. The van der Waals surface area contributed by atoms with Crippen molar-refractivity contribution in [3.05, 3.63) is 200 Å². The van der Waals surface area contributed by atoms with Crippen LogP contribution in [0, 0.1) is 130 Å². The van der Waals surface area contributed by atoms with Gasteiger partial charge in [-0.3, -0.25) is 0 Å². The summed E-state index contributed by atoms with van der Waals surface area (Å²) in [6.45, 7) is 4.91. The Balaban J connectivity index is 0.000000279. The van der Waals surface area contributed by atoms with Gasteiger partial charge in [0.25, 0.3) is 0 Å². The molecule has 0 N–H and O–H groups in total. The Morgan fingerprint density at radius 1 is 0.418 bits per heavy atom. The van der Waals surface area contributed by atoms with Gasteiger partial charge in [0.2, 0.25) is 0 Å². The highest BCUT2D eigenvalue weighted by molar-refractivity contribution is 7.20. The van der Waals surface area contributed by atoms with Crippen molar-refractivity contribution in [2.75, 3.05) is 0 Å². The Morgan fingerprint density at radius 2 is 0.746 bits per heavy atom. The van der Waals surface area contributed by atoms with Crippen molar-refractivity contribution in [1.29, 1.82) is 0 Å². The van der Waals surface area contributed by atoms with Gasteiger partial charge >= 0.3 is 5.88 Å². The molecule has 7 aromatic rings. The van der Waals surface area contributed by atoms with Crippen molar-refractivity contribution in [2.24, 2.45) is 0 Å². The highest BCUT2D eigenvalue weighted by Gasteiger charge is 2.52. The zero-order chi connectivity index (χ0) is 49.7. The van der Waals surface area contributed by atoms with Crippen LogP contribution >= 0.6 is 0 Å². The number of rotatable bonds is 8. The third kappa shape index (κ3) is 8.04. The molecule has 1 heterocycles. The Kier molecular flexibility index (Phi) is 13.7. The second-order valence-electron chi connectivity index (χ2n) is 14.1. The number of ether oxygens (including phenoxy) is 1. The first kappa shape index (κ1) is 49.3. The number of benzene rings is 6. The molecule has 7 rings (SSSR count). The lowest BCUT2D eigenvalue weighted by atomic mass is 9.12. The smallest absolute Gasteiger partial charge is 0.392 e. The molecule has 0 saturated heterocycles. The minimum Gasteiger partial charge on any atom is -0.404 e. The average molecular weight is 970 g/mol. The van der Waals surface area contributed by atoms with Gasteiger partial charge in [-0.2, -0.15) is 4.57 Å². The molecule has 0 aliphatic carbocycles. The molecule has 0 unspecified atom stereocenters. The van der Waals surface area contributed by atoms with E-state index in [1.54, 1.807) is 12.4 Å². The van der Waals surface area contributed by atoms with E-state index in [0.717, 1.165) is 23.7 Å². The average Bonchev–Trinajstić information content (AvgIpc) is 3.31. The Labute approximate surface area is 362 Å². The molecule has 6 aromatic carbocycles. The molecule has 1 aromatic heterocycles. The van der Waals surface area contributed by atoms with Gasteiger partial charge in [-0.15, -0.1) is 21.9 Å². The van der Waals surface area contributed by atoms with Crippen LogP contribution in [0.15, 0.2) is 67.1 Å². The number of hydrogen-bond acceptors (Lipinski definition) is 2. The predicted molar refractivity (Wildman–Crippen MR) is 195 cm³/mol. The molecule has 350 valence electrons. The molecule has 67 heavy (non-hydrogen) atoms. The van der Waals surface area contributed by atoms with E-state index in [2.05, 4.69) is 41.6 Å². The zero-order valence-electron chi connectivity index (χ0n) is 33.0. The Morgan fingerprint density at radius 3 is 1.09 bits per heavy atom. The molecular formula is C43H19BF20N2O. The molecular weight excluding hydrogens is 951 g/mol. The maximum absolute atomic E-state index is 15.4. The molecule has 0 fully saturated rings. The minimum absolute atomic E-state index is 0.736. The summed E-state index contributed by atoms with van der Waals surface area (Å²) in [4.78, 5) is 4.19. The number of nitrogens with zero attached hydrogens (tertiary/aromatic N) is 2. The molecule has 0 spiro atoms. The fourth-order valence-corrected chi connectivity index (χ4v) is 7.19. The van der Waals surface area contributed by atoms with Crippen LogP contribution in [0.4, 0.5) is 87.8 Å².